The van der Waals surface area contributed by atoms with Crippen LogP contribution in [0.25, 0.3) is 0 Å². The second-order valence-corrected chi connectivity index (χ2v) is 8.60. The van der Waals surface area contributed by atoms with Crippen LogP contribution in [0.5, 0.6) is 0 Å². The van der Waals surface area contributed by atoms with Crippen molar-refractivity contribution in [2.24, 2.45) is 4.99 Å². The molecule has 0 amide bonds. The molecule has 0 saturated carbocycles. The number of hydrogen-bond acceptors (Lipinski definition) is 6. The number of nitrogens with one attached hydrogen (secondary N) is 1. The maximum atomic E-state index is 12.3. The summed E-state index contributed by atoms with van der Waals surface area (Å²) in [6, 6.07) is 6.04. The van der Waals surface area contributed by atoms with E-state index in [0.29, 0.717) is 16.7 Å². The highest BCUT2D eigenvalue weighted by molar-refractivity contribution is 8.18. The lowest BCUT2D eigenvalue weighted by molar-refractivity contribution is 0.0434. The molecule has 1 fully saturated rings. The maximum Gasteiger partial charge on any atom is 0.263 e. The van der Waals surface area contributed by atoms with E-state index in [0.717, 1.165) is 37.8 Å². The minimum atomic E-state index is -3.63. The van der Waals surface area contributed by atoms with E-state index >= 15 is 0 Å². The van der Waals surface area contributed by atoms with E-state index in [1.54, 1.807) is 12.1 Å². The van der Waals surface area contributed by atoms with Gasteiger partial charge in [-0.15, -0.1) is 12.4 Å². The summed E-state index contributed by atoms with van der Waals surface area (Å²) in [6.07, 6.45) is 2.10. The van der Waals surface area contributed by atoms with Crippen LogP contribution in [0.3, 0.4) is 0 Å². The molecule has 0 aromatic heterocycles. The molecule has 0 aliphatic carbocycles. The highest BCUT2D eigenvalue weighted by atomic mass is 35.5. The lowest BCUT2D eigenvalue weighted by Gasteiger charge is -2.25. The number of amidine groups is 1. The quantitative estimate of drug-likeness (QED) is 0.804. The van der Waals surface area contributed by atoms with Crippen molar-refractivity contribution >= 4 is 51.0 Å². The zero-order valence-electron chi connectivity index (χ0n) is 13.4. The zero-order chi connectivity index (χ0) is 17.0. The molecule has 3 rings (SSSR count). The van der Waals surface area contributed by atoms with E-state index in [9.17, 15) is 8.42 Å². The van der Waals surface area contributed by atoms with Gasteiger partial charge in [0, 0.05) is 29.6 Å². The van der Waals surface area contributed by atoms with Gasteiger partial charge in [-0.1, -0.05) is 29.4 Å². The standard InChI is InChI=1S/C15H18ClN3O3S2.ClH/c16-12-1-3-14(4-2-12)24(20,21)18-15-17-11-13(23-15)5-6-19-7-9-22-10-8-19;/h1-5H,6-11H2,(H,17,18);1H/b13-5+;. The third-order valence-corrected chi connectivity index (χ3v) is 6.35. The van der Waals surface area contributed by atoms with Gasteiger partial charge in [0.2, 0.25) is 0 Å². The summed E-state index contributed by atoms with van der Waals surface area (Å²) >= 11 is 7.15. The Labute approximate surface area is 163 Å². The van der Waals surface area contributed by atoms with Gasteiger partial charge >= 0.3 is 0 Å². The number of ether oxygens (including phenoxy) is 1. The molecule has 0 radical (unpaired) electrons. The summed E-state index contributed by atoms with van der Waals surface area (Å²) in [5, 5.41) is 0.896. The SMILES string of the molecule is Cl.O=S(=O)(NC1=NC/C(=C\CN2CCOCC2)S1)c1ccc(Cl)cc1. The van der Waals surface area contributed by atoms with Gasteiger partial charge in [-0.05, 0) is 24.3 Å². The van der Waals surface area contributed by atoms with Crippen LogP contribution in [-0.2, 0) is 14.8 Å². The number of hydrogen-bond donors (Lipinski definition) is 1. The molecule has 10 heteroatoms. The molecular formula is C15H19Cl2N3O3S2. The van der Waals surface area contributed by atoms with Crippen LogP contribution in [-0.4, -0.2) is 57.9 Å². The average molecular weight is 424 g/mol. The van der Waals surface area contributed by atoms with Gasteiger partial charge in [0.15, 0.2) is 5.17 Å². The lowest BCUT2D eigenvalue weighted by Crippen LogP contribution is -2.36. The number of aliphatic imine (C=N–C) groups is 1. The van der Waals surface area contributed by atoms with E-state index in [1.165, 1.54) is 23.9 Å². The summed E-state index contributed by atoms with van der Waals surface area (Å²) in [6.45, 7) is 4.71. The molecular weight excluding hydrogens is 405 g/mol. The lowest BCUT2D eigenvalue weighted by atomic mass is 10.4. The van der Waals surface area contributed by atoms with Gasteiger partial charge in [-0.3, -0.25) is 14.6 Å². The minimum absolute atomic E-state index is 0. The number of rotatable bonds is 4. The molecule has 0 atom stereocenters. The Morgan fingerprint density at radius 2 is 1.96 bits per heavy atom. The Bertz CT molecular complexity index is 746. The number of morpholine rings is 1. The van der Waals surface area contributed by atoms with Crippen LogP contribution in [0.1, 0.15) is 0 Å². The van der Waals surface area contributed by atoms with Gasteiger partial charge in [0.05, 0.1) is 24.7 Å². The molecule has 1 aromatic rings. The smallest absolute Gasteiger partial charge is 0.263 e. The Morgan fingerprint density at radius 1 is 1.28 bits per heavy atom. The first-order valence-corrected chi connectivity index (χ1v) is 10.2. The third-order valence-electron chi connectivity index (χ3n) is 3.63. The van der Waals surface area contributed by atoms with E-state index in [-0.39, 0.29) is 17.3 Å². The van der Waals surface area contributed by atoms with Crippen molar-refractivity contribution in [2.45, 2.75) is 4.90 Å². The normalized spacial score (nSPS) is 20.2. The fourth-order valence-electron chi connectivity index (χ4n) is 2.30. The molecule has 2 aliphatic heterocycles. The summed E-state index contributed by atoms with van der Waals surface area (Å²) in [7, 11) is -3.63. The molecule has 0 unspecified atom stereocenters. The van der Waals surface area contributed by atoms with E-state index in [1.807, 2.05) is 0 Å². The van der Waals surface area contributed by atoms with E-state index in [4.69, 9.17) is 16.3 Å². The first-order valence-electron chi connectivity index (χ1n) is 7.53. The van der Waals surface area contributed by atoms with Crippen LogP contribution in [0.4, 0.5) is 0 Å². The fourth-order valence-corrected chi connectivity index (χ4v) is 4.49. The van der Waals surface area contributed by atoms with Crippen LogP contribution in [0.2, 0.25) is 5.02 Å². The van der Waals surface area contributed by atoms with E-state index < -0.39 is 10.0 Å². The molecule has 1 aromatic carbocycles. The predicted octanol–water partition coefficient (Wildman–Crippen LogP) is 2.36. The molecule has 1 saturated heterocycles. The summed E-state index contributed by atoms with van der Waals surface area (Å²) in [5.41, 5.74) is 0. The molecule has 6 nitrogen and oxygen atoms in total. The van der Waals surface area contributed by atoms with Crippen LogP contribution in [0, 0.1) is 0 Å². The third kappa shape index (κ3) is 5.87. The largest absolute Gasteiger partial charge is 0.379 e. The zero-order valence-corrected chi connectivity index (χ0v) is 16.6. The first-order chi connectivity index (χ1) is 11.5. The Morgan fingerprint density at radius 3 is 2.64 bits per heavy atom. The molecule has 2 aliphatic rings. The average Bonchev–Trinajstić information content (AvgIpc) is 3.01. The first kappa shape index (κ1) is 20.5. The van der Waals surface area contributed by atoms with Gasteiger partial charge in [-0.25, -0.2) is 8.42 Å². The number of thioether (sulfide) groups is 1. The Balaban J connectivity index is 0.00000225. The van der Waals surface area contributed by atoms with Crippen molar-refractivity contribution in [1.29, 1.82) is 0 Å². The Kier molecular flexibility index (Phi) is 7.60. The van der Waals surface area contributed by atoms with E-state index in [2.05, 4.69) is 20.7 Å². The monoisotopic (exact) mass is 423 g/mol. The van der Waals surface area contributed by atoms with Gasteiger partial charge < -0.3 is 4.74 Å². The van der Waals surface area contributed by atoms with Crippen LogP contribution in [0.15, 0.2) is 45.1 Å². The second-order valence-electron chi connectivity index (χ2n) is 5.37. The minimum Gasteiger partial charge on any atom is -0.379 e. The summed E-state index contributed by atoms with van der Waals surface area (Å²) < 4.78 is 32.5. The second kappa shape index (κ2) is 9.25. The van der Waals surface area contributed by atoms with Gasteiger partial charge in [0.25, 0.3) is 10.0 Å². The number of sulfonamides is 1. The van der Waals surface area contributed by atoms with Crippen molar-refractivity contribution in [2.75, 3.05) is 39.4 Å². The molecule has 0 spiro atoms. The molecule has 2 heterocycles. The number of nitrogens with zero attached hydrogens (tertiary/aromatic N) is 2. The van der Waals surface area contributed by atoms with Crippen LogP contribution < -0.4 is 4.72 Å². The van der Waals surface area contributed by atoms with Crippen molar-refractivity contribution < 1.29 is 13.2 Å². The van der Waals surface area contributed by atoms with Crippen molar-refractivity contribution in [3.63, 3.8) is 0 Å². The van der Waals surface area contributed by atoms with Crippen molar-refractivity contribution in [3.8, 4) is 0 Å². The maximum absolute atomic E-state index is 12.3. The summed E-state index contributed by atoms with van der Waals surface area (Å²) in [5.74, 6) is 0. The highest BCUT2D eigenvalue weighted by Gasteiger charge is 2.21. The van der Waals surface area contributed by atoms with Gasteiger partial charge in [-0.2, -0.15) is 0 Å². The fraction of sp³-hybridized carbons (Fsp3) is 0.400. The predicted molar refractivity (Wildman–Crippen MR) is 104 cm³/mol. The Hall–Kier alpha value is -0.770. The number of halogens is 2. The molecule has 138 valence electrons. The molecule has 0 bridgehead atoms. The van der Waals surface area contributed by atoms with Crippen LogP contribution >= 0.6 is 35.8 Å². The van der Waals surface area contributed by atoms with Gasteiger partial charge in [0.1, 0.15) is 0 Å². The summed E-state index contributed by atoms with van der Waals surface area (Å²) in [4.78, 5) is 7.78. The topological polar surface area (TPSA) is 71.0 Å². The molecule has 1 N–H and O–H groups in total. The van der Waals surface area contributed by atoms with Crippen molar-refractivity contribution in [3.05, 3.63) is 40.3 Å². The van der Waals surface area contributed by atoms with Crippen molar-refractivity contribution in [1.82, 2.24) is 9.62 Å². The number of benzene rings is 1. The molecule has 25 heavy (non-hydrogen) atoms. The highest BCUT2D eigenvalue weighted by Crippen LogP contribution is 2.25.